The number of fused-ring (bicyclic) bond motifs is 1. The van der Waals surface area contributed by atoms with Gasteiger partial charge in [0.15, 0.2) is 5.76 Å². The van der Waals surface area contributed by atoms with Gasteiger partial charge in [0.25, 0.3) is 5.91 Å². The summed E-state index contributed by atoms with van der Waals surface area (Å²) in [4.78, 5) is 16.8. The molecule has 0 saturated heterocycles. The van der Waals surface area contributed by atoms with Crippen molar-refractivity contribution in [3.05, 3.63) is 81.9 Å². The van der Waals surface area contributed by atoms with Crippen LogP contribution in [0.25, 0.3) is 0 Å². The van der Waals surface area contributed by atoms with Crippen LogP contribution in [-0.4, -0.2) is 10.9 Å². The van der Waals surface area contributed by atoms with E-state index < -0.39 is 0 Å². The van der Waals surface area contributed by atoms with Crippen molar-refractivity contribution in [3.8, 4) is 0 Å². The number of hydrogen-bond acceptors (Lipinski definition) is 3. The lowest BCUT2D eigenvalue weighted by Gasteiger charge is -2.42. The van der Waals surface area contributed by atoms with Gasteiger partial charge in [0.2, 0.25) is 0 Å². The van der Waals surface area contributed by atoms with Crippen LogP contribution >= 0.6 is 0 Å². The molecule has 0 aliphatic heterocycles. The van der Waals surface area contributed by atoms with Gasteiger partial charge in [-0.2, -0.15) is 0 Å². The fourth-order valence-corrected chi connectivity index (χ4v) is 4.46. The van der Waals surface area contributed by atoms with Crippen molar-refractivity contribution >= 4 is 11.7 Å². The minimum absolute atomic E-state index is 0.169. The maximum Gasteiger partial charge on any atom is 0.292 e. The van der Waals surface area contributed by atoms with Crippen LogP contribution in [0.2, 0.25) is 0 Å². The zero-order valence-electron chi connectivity index (χ0n) is 19.4. The van der Waals surface area contributed by atoms with Crippen molar-refractivity contribution in [3.63, 3.8) is 0 Å². The summed E-state index contributed by atoms with van der Waals surface area (Å²) < 4.78 is 5.90. The van der Waals surface area contributed by atoms with Crippen molar-refractivity contribution in [2.45, 2.75) is 71.6 Å². The number of furan rings is 1. The molecule has 0 fully saturated rings. The molecule has 0 spiro atoms. The number of carbonyl (C=O) groups is 1. The third kappa shape index (κ3) is 4.30. The molecule has 1 aromatic carbocycles. The van der Waals surface area contributed by atoms with Crippen molar-refractivity contribution < 1.29 is 9.21 Å². The quantitative estimate of drug-likeness (QED) is 0.529. The molecular formula is C27H32N2O2. The van der Waals surface area contributed by atoms with Crippen LogP contribution in [0.3, 0.4) is 0 Å². The first kappa shape index (κ1) is 21.4. The second kappa shape index (κ2) is 7.67. The van der Waals surface area contributed by atoms with Gasteiger partial charge in [-0.05, 0) is 83.5 Å². The van der Waals surface area contributed by atoms with Gasteiger partial charge in [-0.15, -0.1) is 0 Å². The Morgan fingerprint density at radius 3 is 2.32 bits per heavy atom. The van der Waals surface area contributed by atoms with E-state index in [0.717, 1.165) is 11.3 Å². The number of pyridine rings is 1. The summed E-state index contributed by atoms with van der Waals surface area (Å²) in [5.41, 5.74) is 6.86. The summed E-state index contributed by atoms with van der Waals surface area (Å²) >= 11 is 0. The smallest absolute Gasteiger partial charge is 0.292 e. The van der Waals surface area contributed by atoms with Gasteiger partial charge >= 0.3 is 0 Å². The first-order valence-electron chi connectivity index (χ1n) is 11.0. The Morgan fingerprint density at radius 1 is 1.00 bits per heavy atom. The van der Waals surface area contributed by atoms with Gasteiger partial charge in [0.05, 0.1) is 0 Å². The fourth-order valence-electron chi connectivity index (χ4n) is 4.46. The minimum atomic E-state index is -0.285. The summed E-state index contributed by atoms with van der Waals surface area (Å²) in [5.74, 6) is 1.32. The van der Waals surface area contributed by atoms with E-state index in [1.807, 2.05) is 19.1 Å². The molecule has 4 rings (SSSR count). The monoisotopic (exact) mass is 416 g/mol. The third-order valence-corrected chi connectivity index (χ3v) is 6.71. The lowest BCUT2D eigenvalue weighted by atomic mass is 9.62. The molecule has 0 saturated carbocycles. The maximum atomic E-state index is 12.5. The Bertz CT molecular complexity index is 1120. The highest BCUT2D eigenvalue weighted by atomic mass is 16.3. The number of anilines is 1. The van der Waals surface area contributed by atoms with Crippen molar-refractivity contribution in [2.75, 3.05) is 5.32 Å². The van der Waals surface area contributed by atoms with Crippen LogP contribution in [-0.2, 0) is 17.3 Å². The predicted octanol–water partition coefficient (Wildman–Crippen LogP) is 6.48. The lowest BCUT2D eigenvalue weighted by molar-refractivity contribution is 0.0994. The zero-order valence-corrected chi connectivity index (χ0v) is 19.4. The number of hydrogen-bond donors (Lipinski definition) is 1. The normalized spacial score (nSPS) is 16.6. The summed E-state index contributed by atoms with van der Waals surface area (Å²) in [6, 6.07) is 12.1. The highest BCUT2D eigenvalue weighted by Crippen LogP contribution is 2.46. The minimum Gasteiger partial charge on any atom is -0.456 e. The number of nitrogens with zero attached hydrogens (tertiary/aromatic N) is 1. The predicted molar refractivity (Wildman–Crippen MR) is 125 cm³/mol. The molecule has 0 bridgehead atoms. The molecular weight excluding hydrogens is 384 g/mol. The summed E-state index contributed by atoms with van der Waals surface area (Å²) in [5, 5.41) is 2.79. The van der Waals surface area contributed by atoms with Gasteiger partial charge in [-0.25, -0.2) is 4.98 Å². The number of carbonyl (C=O) groups excluding carboxylic acids is 1. The van der Waals surface area contributed by atoms with E-state index in [1.54, 1.807) is 18.3 Å². The molecule has 3 aromatic rings. The molecule has 4 nitrogen and oxygen atoms in total. The molecule has 1 amide bonds. The van der Waals surface area contributed by atoms with Gasteiger partial charge in [-0.3, -0.25) is 4.79 Å². The van der Waals surface area contributed by atoms with E-state index in [1.165, 1.54) is 35.1 Å². The first-order chi connectivity index (χ1) is 14.5. The molecule has 1 N–H and O–H groups in total. The fraction of sp³-hybridized carbons (Fsp3) is 0.407. The third-order valence-electron chi connectivity index (χ3n) is 6.71. The Balaban J connectivity index is 1.56. The van der Waals surface area contributed by atoms with E-state index in [4.69, 9.17) is 4.42 Å². The summed E-state index contributed by atoms with van der Waals surface area (Å²) in [6.07, 6.45) is 4.79. The van der Waals surface area contributed by atoms with Crippen LogP contribution in [0, 0.1) is 13.8 Å². The van der Waals surface area contributed by atoms with Crippen LogP contribution < -0.4 is 5.32 Å². The van der Waals surface area contributed by atoms with Gasteiger partial charge in [-0.1, -0.05) is 45.9 Å². The molecule has 2 aromatic heterocycles. The van der Waals surface area contributed by atoms with Crippen molar-refractivity contribution in [2.24, 2.45) is 0 Å². The molecule has 2 heterocycles. The number of aryl methyl sites for hydroxylation is 2. The van der Waals surface area contributed by atoms with Crippen LogP contribution in [0.15, 0.2) is 47.0 Å². The van der Waals surface area contributed by atoms with E-state index >= 15 is 0 Å². The van der Waals surface area contributed by atoms with Crippen molar-refractivity contribution in [1.29, 1.82) is 0 Å². The Morgan fingerprint density at radius 2 is 1.68 bits per heavy atom. The molecule has 4 heteroatoms. The van der Waals surface area contributed by atoms with E-state index in [0.29, 0.717) is 18.0 Å². The van der Waals surface area contributed by atoms with Gasteiger partial charge in [0.1, 0.15) is 11.6 Å². The molecule has 1 aliphatic carbocycles. The highest BCUT2D eigenvalue weighted by Gasteiger charge is 2.37. The molecule has 162 valence electrons. The number of amides is 1. The van der Waals surface area contributed by atoms with Gasteiger partial charge in [0, 0.05) is 12.6 Å². The van der Waals surface area contributed by atoms with Crippen LogP contribution in [0.5, 0.6) is 0 Å². The molecule has 0 atom stereocenters. The largest absolute Gasteiger partial charge is 0.456 e. The lowest BCUT2D eigenvalue weighted by Crippen LogP contribution is -2.34. The van der Waals surface area contributed by atoms with Crippen LogP contribution in [0.4, 0.5) is 5.82 Å². The molecule has 31 heavy (non-hydrogen) atoms. The average molecular weight is 417 g/mol. The van der Waals surface area contributed by atoms with E-state index in [9.17, 15) is 4.79 Å². The molecule has 0 unspecified atom stereocenters. The second-order valence-corrected chi connectivity index (χ2v) is 10.2. The maximum absolute atomic E-state index is 12.5. The standard InChI is InChI=1S/C27H32N2O2/c1-17-7-10-24(28-16-17)29-25(30)23-9-8-20(31-23)14-19-15-22-21(13-18(19)2)26(3,4)11-12-27(22,5)6/h7-10,13,15-16H,11-12,14H2,1-6H3,(H,28,29,30). The Kier molecular flexibility index (Phi) is 5.28. The van der Waals surface area contributed by atoms with Gasteiger partial charge < -0.3 is 9.73 Å². The Hall–Kier alpha value is -2.88. The SMILES string of the molecule is Cc1ccc(NC(=O)c2ccc(Cc3cc4c(cc3C)C(C)(C)CCC4(C)C)o2)nc1. The summed E-state index contributed by atoms with van der Waals surface area (Å²) in [7, 11) is 0. The Labute approximate surface area is 185 Å². The second-order valence-electron chi connectivity index (χ2n) is 10.2. The molecule has 1 aliphatic rings. The number of nitrogens with one attached hydrogen (secondary N) is 1. The number of rotatable bonds is 4. The number of benzene rings is 1. The van der Waals surface area contributed by atoms with Crippen molar-refractivity contribution in [1.82, 2.24) is 4.98 Å². The number of aromatic nitrogens is 1. The van der Waals surface area contributed by atoms with Crippen LogP contribution in [0.1, 0.15) is 84.7 Å². The zero-order chi connectivity index (χ0) is 22.4. The average Bonchev–Trinajstić information content (AvgIpc) is 3.17. The van der Waals surface area contributed by atoms with E-state index in [2.05, 4.69) is 57.1 Å². The highest BCUT2D eigenvalue weighted by molar-refractivity contribution is 6.01. The summed E-state index contributed by atoms with van der Waals surface area (Å²) in [6.45, 7) is 13.5. The van der Waals surface area contributed by atoms with E-state index in [-0.39, 0.29) is 16.7 Å². The first-order valence-corrected chi connectivity index (χ1v) is 11.0. The molecule has 0 radical (unpaired) electrons. The topological polar surface area (TPSA) is 55.1 Å².